The lowest BCUT2D eigenvalue weighted by atomic mass is 10.2. The second-order valence-electron chi connectivity index (χ2n) is 6.00. The van der Waals surface area contributed by atoms with Crippen molar-refractivity contribution < 1.29 is 19.1 Å². The number of amides is 3. The number of benzene rings is 1. The molecule has 0 radical (unpaired) electrons. The van der Waals surface area contributed by atoms with Crippen molar-refractivity contribution in [2.24, 2.45) is 0 Å². The van der Waals surface area contributed by atoms with Gasteiger partial charge in [0, 0.05) is 22.9 Å². The number of para-hydroxylation sites is 1. The van der Waals surface area contributed by atoms with E-state index in [1.165, 1.54) is 12.2 Å². The van der Waals surface area contributed by atoms with Crippen LogP contribution in [-0.2, 0) is 20.7 Å². The van der Waals surface area contributed by atoms with Gasteiger partial charge in [0.25, 0.3) is 5.91 Å². The molecule has 0 saturated carbocycles. The van der Waals surface area contributed by atoms with Gasteiger partial charge >= 0.3 is 12.0 Å². The zero-order chi connectivity index (χ0) is 20.5. The van der Waals surface area contributed by atoms with Crippen LogP contribution in [0.15, 0.2) is 60.0 Å². The summed E-state index contributed by atoms with van der Waals surface area (Å²) in [5, 5.41) is 7.64. The number of carbonyl (C=O) groups excluding carboxylic acids is 3. The number of rotatable bonds is 7. The molecule has 0 spiro atoms. The van der Waals surface area contributed by atoms with Gasteiger partial charge in [-0.1, -0.05) is 30.3 Å². The lowest BCUT2D eigenvalue weighted by Gasteiger charge is -2.06. The zero-order valence-electron chi connectivity index (χ0n) is 15.5. The van der Waals surface area contributed by atoms with Gasteiger partial charge in [-0.3, -0.25) is 10.1 Å². The van der Waals surface area contributed by atoms with Gasteiger partial charge < -0.3 is 10.1 Å². The number of thiophene rings is 1. The fourth-order valence-corrected chi connectivity index (χ4v) is 3.18. The SMILES string of the molecule is O=C(COC(=O)/C=C/c1ccc2ccccc2n1)NC(=O)NCCc1cccs1. The highest BCUT2D eigenvalue weighted by Crippen LogP contribution is 2.12. The molecule has 0 unspecified atom stereocenters. The molecule has 0 aliphatic heterocycles. The van der Waals surface area contributed by atoms with Crippen molar-refractivity contribution in [1.82, 2.24) is 15.6 Å². The summed E-state index contributed by atoms with van der Waals surface area (Å²) in [5.41, 5.74) is 1.41. The maximum absolute atomic E-state index is 11.8. The molecule has 0 atom stereocenters. The monoisotopic (exact) mass is 409 g/mol. The smallest absolute Gasteiger partial charge is 0.331 e. The second kappa shape index (κ2) is 10.1. The van der Waals surface area contributed by atoms with Crippen LogP contribution >= 0.6 is 11.3 Å². The first-order valence-corrected chi connectivity index (χ1v) is 9.79. The van der Waals surface area contributed by atoms with Crippen molar-refractivity contribution in [2.45, 2.75) is 6.42 Å². The third-order valence-corrected chi connectivity index (χ3v) is 4.78. The summed E-state index contributed by atoms with van der Waals surface area (Å²) in [6, 6.07) is 14.6. The predicted octanol–water partition coefficient (Wildman–Crippen LogP) is 2.92. The Morgan fingerprint density at radius 3 is 2.76 bits per heavy atom. The molecule has 2 heterocycles. The molecule has 8 heteroatoms. The van der Waals surface area contributed by atoms with Crippen molar-refractivity contribution in [3.8, 4) is 0 Å². The highest BCUT2D eigenvalue weighted by molar-refractivity contribution is 7.09. The molecule has 0 fully saturated rings. The van der Waals surface area contributed by atoms with Crippen LogP contribution in [0, 0.1) is 0 Å². The third kappa shape index (κ3) is 6.54. The highest BCUT2D eigenvalue weighted by Gasteiger charge is 2.09. The Morgan fingerprint density at radius 2 is 1.93 bits per heavy atom. The number of hydrogen-bond acceptors (Lipinski definition) is 6. The van der Waals surface area contributed by atoms with E-state index in [9.17, 15) is 14.4 Å². The fraction of sp³-hybridized carbons (Fsp3) is 0.143. The van der Waals surface area contributed by atoms with Gasteiger partial charge in [-0.25, -0.2) is 14.6 Å². The third-order valence-electron chi connectivity index (χ3n) is 3.85. The standard InChI is InChI=1S/C21H19N3O4S/c25-19(24-21(27)22-12-11-17-5-3-13-29-17)14-28-20(26)10-9-16-8-7-15-4-1-2-6-18(15)23-16/h1-10,13H,11-12,14H2,(H2,22,24,25,27)/b10-9+. The highest BCUT2D eigenvalue weighted by atomic mass is 32.1. The first-order valence-electron chi connectivity index (χ1n) is 8.91. The normalized spacial score (nSPS) is 10.8. The average molecular weight is 409 g/mol. The first kappa shape index (κ1) is 20.2. The summed E-state index contributed by atoms with van der Waals surface area (Å²) in [6.45, 7) is -0.145. The average Bonchev–Trinajstić information content (AvgIpc) is 3.24. The Morgan fingerprint density at radius 1 is 1.07 bits per heavy atom. The Labute approximate surface area is 171 Å². The molecule has 0 aliphatic rings. The molecule has 7 nitrogen and oxygen atoms in total. The van der Waals surface area contributed by atoms with Gasteiger partial charge in [0.05, 0.1) is 11.2 Å². The van der Waals surface area contributed by atoms with Crippen LogP contribution in [0.3, 0.4) is 0 Å². The molecule has 0 saturated heterocycles. The summed E-state index contributed by atoms with van der Waals surface area (Å²) in [6.07, 6.45) is 3.37. The number of fused-ring (bicyclic) bond motifs is 1. The van der Waals surface area contributed by atoms with Crippen molar-refractivity contribution in [3.05, 3.63) is 70.6 Å². The Bertz CT molecular complexity index is 1030. The van der Waals surface area contributed by atoms with Crippen molar-refractivity contribution in [1.29, 1.82) is 0 Å². The number of urea groups is 1. The van der Waals surface area contributed by atoms with Gasteiger partial charge in [0.1, 0.15) is 0 Å². The molecular weight excluding hydrogens is 390 g/mol. The van der Waals surface area contributed by atoms with Crippen LogP contribution in [0.4, 0.5) is 4.79 Å². The minimum atomic E-state index is -0.704. The molecule has 3 amide bonds. The van der Waals surface area contributed by atoms with Gasteiger partial charge in [0.15, 0.2) is 6.61 Å². The number of nitrogens with zero attached hydrogens (tertiary/aromatic N) is 1. The Hall–Kier alpha value is -3.52. The van der Waals surface area contributed by atoms with E-state index in [4.69, 9.17) is 4.74 Å². The summed E-state index contributed by atoms with van der Waals surface area (Å²) in [5.74, 6) is -1.41. The number of imide groups is 1. The summed E-state index contributed by atoms with van der Waals surface area (Å²) in [7, 11) is 0. The number of nitrogens with one attached hydrogen (secondary N) is 2. The molecule has 3 aromatic rings. The van der Waals surface area contributed by atoms with E-state index in [1.807, 2.05) is 47.8 Å². The van der Waals surface area contributed by atoms with E-state index >= 15 is 0 Å². The van der Waals surface area contributed by atoms with E-state index in [0.717, 1.165) is 15.8 Å². The Balaban J connectivity index is 1.38. The number of ether oxygens (including phenoxy) is 1. The van der Waals surface area contributed by atoms with Crippen LogP contribution in [-0.4, -0.2) is 36.0 Å². The van der Waals surface area contributed by atoms with Crippen LogP contribution in [0.2, 0.25) is 0 Å². The lowest BCUT2D eigenvalue weighted by Crippen LogP contribution is -2.42. The molecule has 148 valence electrons. The molecule has 0 aliphatic carbocycles. The van der Waals surface area contributed by atoms with Crippen molar-refractivity contribution in [3.63, 3.8) is 0 Å². The maximum atomic E-state index is 11.8. The van der Waals surface area contributed by atoms with Gasteiger partial charge in [-0.15, -0.1) is 11.3 Å². The van der Waals surface area contributed by atoms with E-state index in [0.29, 0.717) is 18.7 Å². The quantitative estimate of drug-likeness (QED) is 0.462. The molecule has 2 aromatic heterocycles. The van der Waals surface area contributed by atoms with Crippen LogP contribution in [0.1, 0.15) is 10.6 Å². The fourth-order valence-electron chi connectivity index (χ4n) is 2.47. The van der Waals surface area contributed by atoms with Crippen molar-refractivity contribution in [2.75, 3.05) is 13.2 Å². The van der Waals surface area contributed by atoms with Gasteiger partial charge in [-0.2, -0.15) is 0 Å². The molecule has 1 aromatic carbocycles. The molecule has 3 rings (SSSR count). The van der Waals surface area contributed by atoms with E-state index in [2.05, 4.69) is 15.6 Å². The number of esters is 1. The number of hydrogen-bond donors (Lipinski definition) is 2. The van der Waals surface area contributed by atoms with Gasteiger partial charge in [-0.05, 0) is 36.1 Å². The number of carbonyl (C=O) groups is 3. The Kier molecular flexibility index (Phi) is 7.07. The first-order chi connectivity index (χ1) is 14.1. The largest absolute Gasteiger partial charge is 0.452 e. The molecule has 29 heavy (non-hydrogen) atoms. The topological polar surface area (TPSA) is 97.4 Å². The van der Waals surface area contributed by atoms with E-state index in [1.54, 1.807) is 17.4 Å². The molecule has 2 N–H and O–H groups in total. The summed E-state index contributed by atoms with van der Waals surface area (Å²) >= 11 is 1.60. The second-order valence-corrected chi connectivity index (χ2v) is 7.04. The van der Waals surface area contributed by atoms with Crippen LogP contribution < -0.4 is 10.6 Å². The van der Waals surface area contributed by atoms with Crippen LogP contribution in [0.5, 0.6) is 0 Å². The van der Waals surface area contributed by atoms with E-state index < -0.39 is 24.5 Å². The minimum absolute atomic E-state index is 0.404. The zero-order valence-corrected chi connectivity index (χ0v) is 16.3. The predicted molar refractivity (Wildman–Crippen MR) is 111 cm³/mol. The van der Waals surface area contributed by atoms with Gasteiger partial charge in [0.2, 0.25) is 0 Å². The van der Waals surface area contributed by atoms with Crippen LogP contribution in [0.25, 0.3) is 17.0 Å². The molecule has 0 bridgehead atoms. The van der Waals surface area contributed by atoms with Crippen molar-refractivity contribution >= 4 is 46.2 Å². The number of pyridine rings is 1. The van der Waals surface area contributed by atoms with E-state index in [-0.39, 0.29) is 0 Å². The maximum Gasteiger partial charge on any atom is 0.331 e. The number of aromatic nitrogens is 1. The minimum Gasteiger partial charge on any atom is -0.452 e. The summed E-state index contributed by atoms with van der Waals surface area (Å²) in [4.78, 5) is 40.6. The lowest BCUT2D eigenvalue weighted by molar-refractivity contribution is -0.143. The molecular formula is C21H19N3O4S. The summed E-state index contributed by atoms with van der Waals surface area (Å²) < 4.78 is 4.83.